The third-order valence-electron chi connectivity index (χ3n) is 1.68. The summed E-state index contributed by atoms with van der Waals surface area (Å²) in [6.45, 7) is 7.68. The maximum Gasteiger partial charge on any atom is 0.0512 e. The van der Waals surface area contributed by atoms with Crippen LogP contribution in [-0.4, -0.2) is 11.2 Å². The van der Waals surface area contributed by atoms with E-state index in [1.165, 1.54) is 0 Å². The molecule has 0 fully saturated rings. The van der Waals surface area contributed by atoms with E-state index in [2.05, 4.69) is 13.5 Å². The highest BCUT2D eigenvalue weighted by molar-refractivity contribution is 4.74. The van der Waals surface area contributed by atoms with Crippen LogP contribution in [0.4, 0.5) is 0 Å². The van der Waals surface area contributed by atoms with E-state index in [0.29, 0.717) is 5.92 Å². The molecule has 1 nitrogen and oxygen atoms in total. The van der Waals surface area contributed by atoms with Gasteiger partial charge in [0.1, 0.15) is 0 Å². The van der Waals surface area contributed by atoms with Crippen LogP contribution in [0.3, 0.4) is 0 Å². The van der Waals surface area contributed by atoms with Gasteiger partial charge in [-0.05, 0) is 25.7 Å². The van der Waals surface area contributed by atoms with Gasteiger partial charge in [0.25, 0.3) is 0 Å². The summed E-state index contributed by atoms with van der Waals surface area (Å²) in [5, 5.41) is 8.91. The van der Waals surface area contributed by atoms with E-state index in [9.17, 15) is 0 Å². The number of rotatable bonds is 5. The van der Waals surface area contributed by atoms with Gasteiger partial charge in [-0.15, -0.1) is 6.58 Å². The lowest BCUT2D eigenvalue weighted by Gasteiger charge is -2.06. The van der Waals surface area contributed by atoms with Gasteiger partial charge in [0.05, 0.1) is 6.10 Å². The van der Waals surface area contributed by atoms with E-state index >= 15 is 0 Å². The Morgan fingerprint density at radius 3 is 2.40 bits per heavy atom. The third kappa shape index (κ3) is 5.83. The van der Waals surface area contributed by atoms with Gasteiger partial charge in [-0.25, -0.2) is 0 Å². The molecule has 10 heavy (non-hydrogen) atoms. The fourth-order valence-electron chi connectivity index (χ4n) is 0.853. The quantitative estimate of drug-likeness (QED) is 0.584. The highest BCUT2D eigenvalue weighted by atomic mass is 16.3. The van der Waals surface area contributed by atoms with Gasteiger partial charge in [0.2, 0.25) is 0 Å². The fraction of sp³-hybridized carbons (Fsp3) is 0.778. The average molecular weight is 142 g/mol. The zero-order valence-electron chi connectivity index (χ0n) is 7.01. The summed E-state index contributed by atoms with van der Waals surface area (Å²) < 4.78 is 0. The van der Waals surface area contributed by atoms with Crippen LogP contribution in [0.15, 0.2) is 12.7 Å². The van der Waals surface area contributed by atoms with Crippen molar-refractivity contribution in [2.45, 2.75) is 39.2 Å². The largest absolute Gasteiger partial charge is 0.393 e. The van der Waals surface area contributed by atoms with E-state index in [-0.39, 0.29) is 6.10 Å². The summed E-state index contributed by atoms with van der Waals surface area (Å²) in [5.41, 5.74) is 0. The van der Waals surface area contributed by atoms with E-state index in [1.807, 2.05) is 13.0 Å². The minimum atomic E-state index is -0.142. The van der Waals surface area contributed by atoms with Crippen molar-refractivity contribution in [3.8, 4) is 0 Å². The first-order valence-corrected chi connectivity index (χ1v) is 3.97. The van der Waals surface area contributed by atoms with Gasteiger partial charge in [-0.2, -0.15) is 0 Å². The SMILES string of the molecule is C=CC(C)CCC[C@H](C)O. The van der Waals surface area contributed by atoms with Crippen molar-refractivity contribution in [2.24, 2.45) is 5.92 Å². The molecule has 0 saturated heterocycles. The summed E-state index contributed by atoms with van der Waals surface area (Å²) in [5.74, 6) is 0.596. The van der Waals surface area contributed by atoms with Crippen LogP contribution in [-0.2, 0) is 0 Å². The Balaban J connectivity index is 3.11. The van der Waals surface area contributed by atoms with Crippen LogP contribution < -0.4 is 0 Å². The van der Waals surface area contributed by atoms with Gasteiger partial charge >= 0.3 is 0 Å². The smallest absolute Gasteiger partial charge is 0.0512 e. The Labute approximate surface area is 63.8 Å². The first kappa shape index (κ1) is 9.70. The monoisotopic (exact) mass is 142 g/mol. The summed E-state index contributed by atoms with van der Waals surface area (Å²) in [7, 11) is 0. The summed E-state index contributed by atoms with van der Waals surface area (Å²) in [4.78, 5) is 0. The lowest BCUT2D eigenvalue weighted by atomic mass is 10.0. The first-order valence-electron chi connectivity index (χ1n) is 3.97. The van der Waals surface area contributed by atoms with Crippen molar-refractivity contribution < 1.29 is 5.11 Å². The van der Waals surface area contributed by atoms with Crippen LogP contribution >= 0.6 is 0 Å². The Morgan fingerprint density at radius 1 is 1.40 bits per heavy atom. The van der Waals surface area contributed by atoms with Crippen LogP contribution in [0.1, 0.15) is 33.1 Å². The zero-order valence-corrected chi connectivity index (χ0v) is 7.01. The minimum Gasteiger partial charge on any atom is -0.393 e. The standard InChI is InChI=1S/C9H18O/c1-4-8(2)6-5-7-9(3)10/h4,8-10H,1,5-7H2,2-3H3/t8?,9-/m0/s1. The summed E-state index contributed by atoms with van der Waals surface area (Å²) in [6.07, 6.45) is 4.98. The minimum absolute atomic E-state index is 0.142. The topological polar surface area (TPSA) is 20.2 Å². The van der Waals surface area contributed by atoms with Gasteiger partial charge in [-0.3, -0.25) is 0 Å². The van der Waals surface area contributed by atoms with Crippen molar-refractivity contribution in [3.63, 3.8) is 0 Å². The number of hydrogen-bond acceptors (Lipinski definition) is 1. The van der Waals surface area contributed by atoms with Crippen LogP contribution in [0.5, 0.6) is 0 Å². The molecule has 0 spiro atoms. The fourth-order valence-corrected chi connectivity index (χ4v) is 0.853. The van der Waals surface area contributed by atoms with E-state index in [1.54, 1.807) is 0 Å². The van der Waals surface area contributed by atoms with Crippen molar-refractivity contribution in [1.82, 2.24) is 0 Å². The molecule has 2 atom stereocenters. The molecule has 0 aromatic heterocycles. The molecule has 0 radical (unpaired) electrons. The molecule has 0 amide bonds. The maximum absolute atomic E-state index is 8.91. The molecule has 0 aromatic carbocycles. The molecule has 0 aliphatic rings. The van der Waals surface area contributed by atoms with Crippen molar-refractivity contribution in [1.29, 1.82) is 0 Å². The predicted octanol–water partition coefficient (Wildman–Crippen LogP) is 2.36. The van der Waals surface area contributed by atoms with Gasteiger partial charge in [0.15, 0.2) is 0 Å². The Hall–Kier alpha value is -0.300. The molecule has 0 rings (SSSR count). The molecule has 1 unspecified atom stereocenters. The molecule has 0 aromatic rings. The number of allylic oxidation sites excluding steroid dienone is 1. The molecule has 0 saturated carbocycles. The predicted molar refractivity (Wildman–Crippen MR) is 44.9 cm³/mol. The molecule has 0 heterocycles. The second-order valence-electron chi connectivity index (χ2n) is 2.99. The average Bonchev–Trinajstić information content (AvgIpc) is 1.87. The van der Waals surface area contributed by atoms with Crippen LogP contribution in [0.25, 0.3) is 0 Å². The normalized spacial score (nSPS) is 16.3. The molecule has 0 bridgehead atoms. The molecule has 1 heteroatoms. The molecule has 0 aliphatic heterocycles. The summed E-state index contributed by atoms with van der Waals surface area (Å²) >= 11 is 0. The highest BCUT2D eigenvalue weighted by Crippen LogP contribution is 2.09. The van der Waals surface area contributed by atoms with Crippen LogP contribution in [0, 0.1) is 5.92 Å². The van der Waals surface area contributed by atoms with Gasteiger partial charge in [-0.1, -0.05) is 19.4 Å². The first-order chi connectivity index (χ1) is 4.66. The van der Waals surface area contributed by atoms with Crippen molar-refractivity contribution >= 4 is 0 Å². The Kier molecular flexibility index (Phi) is 5.32. The number of aliphatic hydroxyl groups excluding tert-OH is 1. The maximum atomic E-state index is 8.91. The van der Waals surface area contributed by atoms with E-state index < -0.39 is 0 Å². The second kappa shape index (κ2) is 5.48. The van der Waals surface area contributed by atoms with Gasteiger partial charge < -0.3 is 5.11 Å². The van der Waals surface area contributed by atoms with E-state index in [4.69, 9.17) is 5.11 Å². The molecular weight excluding hydrogens is 124 g/mol. The van der Waals surface area contributed by atoms with Crippen LogP contribution in [0.2, 0.25) is 0 Å². The molecule has 60 valence electrons. The molecule has 0 aliphatic carbocycles. The van der Waals surface area contributed by atoms with Crippen molar-refractivity contribution in [2.75, 3.05) is 0 Å². The Morgan fingerprint density at radius 2 is 2.00 bits per heavy atom. The van der Waals surface area contributed by atoms with Crippen molar-refractivity contribution in [3.05, 3.63) is 12.7 Å². The number of hydrogen-bond donors (Lipinski definition) is 1. The lowest BCUT2D eigenvalue weighted by molar-refractivity contribution is 0.179. The zero-order chi connectivity index (χ0) is 7.98. The Bertz CT molecular complexity index is 86.7. The lowest BCUT2D eigenvalue weighted by Crippen LogP contribution is -2.00. The molecular formula is C9H18O. The summed E-state index contributed by atoms with van der Waals surface area (Å²) in [6, 6.07) is 0. The highest BCUT2D eigenvalue weighted by Gasteiger charge is 1.98. The van der Waals surface area contributed by atoms with E-state index in [0.717, 1.165) is 19.3 Å². The van der Waals surface area contributed by atoms with Gasteiger partial charge in [0, 0.05) is 0 Å². The second-order valence-corrected chi connectivity index (χ2v) is 2.99. The molecule has 1 N–H and O–H groups in total. The third-order valence-corrected chi connectivity index (χ3v) is 1.68. The number of aliphatic hydroxyl groups is 1.